The van der Waals surface area contributed by atoms with E-state index in [1.807, 2.05) is 24.3 Å². The quantitative estimate of drug-likeness (QED) is 0.583. The van der Waals surface area contributed by atoms with Crippen molar-refractivity contribution in [2.24, 2.45) is 0 Å². The van der Waals surface area contributed by atoms with Crippen LogP contribution in [0, 0.1) is 0 Å². The Hall–Kier alpha value is -1.06. The van der Waals surface area contributed by atoms with Crippen LogP contribution in [-0.4, -0.2) is 16.8 Å². The first-order valence-electron chi connectivity index (χ1n) is 4.33. The highest BCUT2D eigenvalue weighted by molar-refractivity contribution is 7.97. The van der Waals surface area contributed by atoms with E-state index in [9.17, 15) is 4.79 Å². The predicted molar refractivity (Wildman–Crippen MR) is 60.3 cm³/mol. The molecule has 1 rings (SSSR count). The highest BCUT2D eigenvalue weighted by atomic mass is 32.1. The van der Waals surface area contributed by atoms with Crippen LogP contribution in [0.3, 0.4) is 0 Å². The highest BCUT2D eigenvalue weighted by Crippen LogP contribution is 2.06. The van der Waals surface area contributed by atoms with Crippen molar-refractivity contribution in [1.29, 1.82) is 0 Å². The van der Waals surface area contributed by atoms with Gasteiger partial charge in [-0.25, -0.2) is 0 Å². The fourth-order valence-electron chi connectivity index (χ4n) is 1.09. The van der Waals surface area contributed by atoms with Crippen LogP contribution in [-0.2, 0) is 11.2 Å². The number of aliphatic hydroxyl groups excluding tert-OH is 1. The summed E-state index contributed by atoms with van der Waals surface area (Å²) in [5, 5.41) is 8.44. The zero-order valence-electron chi connectivity index (χ0n) is 7.68. The molecular weight excluding hydrogens is 196 g/mol. The summed E-state index contributed by atoms with van der Waals surface area (Å²) < 4.78 is 0. The van der Waals surface area contributed by atoms with Gasteiger partial charge in [0.1, 0.15) is 0 Å². The zero-order chi connectivity index (χ0) is 10.4. The Morgan fingerprint density at radius 2 is 2.00 bits per heavy atom. The molecule has 0 saturated carbocycles. The smallest absolute Gasteiger partial charge is 0.209 e. The molecule has 0 aliphatic heterocycles. The number of hydrogen-bond donors (Lipinski definition) is 2. The second-order valence-corrected chi connectivity index (χ2v) is 3.33. The van der Waals surface area contributed by atoms with E-state index < -0.39 is 0 Å². The molecule has 14 heavy (non-hydrogen) atoms. The molecule has 0 unspecified atom stereocenters. The maximum absolute atomic E-state index is 10.5. The van der Waals surface area contributed by atoms with Gasteiger partial charge in [-0.3, -0.25) is 4.79 Å². The van der Waals surface area contributed by atoms with E-state index in [0.717, 1.165) is 11.1 Å². The van der Waals surface area contributed by atoms with E-state index >= 15 is 0 Å². The Kier molecular flexibility index (Phi) is 4.43. The van der Waals surface area contributed by atoms with Gasteiger partial charge in [0.25, 0.3) is 0 Å². The van der Waals surface area contributed by atoms with Crippen molar-refractivity contribution in [3.63, 3.8) is 0 Å². The average Bonchev–Trinajstić information content (AvgIpc) is 2.17. The molecule has 74 valence electrons. The summed E-state index contributed by atoms with van der Waals surface area (Å²) >= 11 is 3.62. The summed E-state index contributed by atoms with van der Waals surface area (Å²) in [7, 11) is 0. The van der Waals surface area contributed by atoms with Crippen LogP contribution in [0.2, 0.25) is 0 Å². The Bertz CT molecular complexity index is 328. The fourth-order valence-corrected chi connectivity index (χ4v) is 1.17. The van der Waals surface area contributed by atoms with Gasteiger partial charge in [-0.2, -0.15) is 0 Å². The number of hydrogen-bond acceptors (Lipinski definition) is 2. The van der Waals surface area contributed by atoms with Crippen molar-refractivity contribution < 1.29 is 9.90 Å². The predicted octanol–water partition coefficient (Wildman–Crippen LogP) is 1.69. The van der Waals surface area contributed by atoms with Crippen LogP contribution in [0.25, 0.3) is 6.08 Å². The zero-order valence-corrected chi connectivity index (χ0v) is 8.58. The third kappa shape index (κ3) is 3.77. The number of thiol groups is 1. The normalized spacial score (nSPS) is 10.7. The first-order chi connectivity index (χ1) is 6.72. The summed E-state index contributed by atoms with van der Waals surface area (Å²) in [5.41, 5.74) is 2.04. The van der Waals surface area contributed by atoms with Gasteiger partial charge in [-0.15, -0.1) is 12.6 Å². The second kappa shape index (κ2) is 5.62. The van der Waals surface area contributed by atoms with Crippen LogP contribution in [0.1, 0.15) is 11.1 Å². The molecular formula is C11H12O2S. The number of carbonyl (C=O) groups excluding carboxylic acids is 1. The van der Waals surface area contributed by atoms with E-state index in [0.29, 0.717) is 6.42 Å². The first-order valence-corrected chi connectivity index (χ1v) is 4.78. The van der Waals surface area contributed by atoms with Crippen molar-refractivity contribution in [3.8, 4) is 0 Å². The van der Waals surface area contributed by atoms with E-state index in [4.69, 9.17) is 5.11 Å². The third-order valence-corrected chi connectivity index (χ3v) is 1.95. The Labute approximate surface area is 88.7 Å². The van der Waals surface area contributed by atoms with Crippen LogP contribution in [0.5, 0.6) is 0 Å². The number of rotatable bonds is 4. The van der Waals surface area contributed by atoms with Crippen LogP contribution < -0.4 is 0 Å². The minimum Gasteiger partial charge on any atom is -0.396 e. The van der Waals surface area contributed by atoms with Gasteiger partial charge < -0.3 is 5.11 Å². The monoisotopic (exact) mass is 208 g/mol. The summed E-state index contributed by atoms with van der Waals surface area (Å²) in [4.78, 5) is 10.5. The standard InChI is InChI=1S/C11H12O2S/c12-8-7-10-3-1-9(2-4-10)5-6-11(13)14/h1-6,12H,7-8H2,(H,13,14)/b6-5+. The maximum atomic E-state index is 10.5. The number of benzene rings is 1. The Balaban J connectivity index is 2.68. The van der Waals surface area contributed by atoms with Gasteiger partial charge in [0.2, 0.25) is 5.12 Å². The Morgan fingerprint density at radius 3 is 2.50 bits per heavy atom. The van der Waals surface area contributed by atoms with Gasteiger partial charge in [-0.1, -0.05) is 30.3 Å². The van der Waals surface area contributed by atoms with Crippen LogP contribution in [0.15, 0.2) is 30.3 Å². The van der Waals surface area contributed by atoms with Gasteiger partial charge >= 0.3 is 0 Å². The van der Waals surface area contributed by atoms with E-state index in [1.54, 1.807) is 6.08 Å². The molecule has 0 saturated heterocycles. The van der Waals surface area contributed by atoms with Crippen molar-refractivity contribution in [2.45, 2.75) is 6.42 Å². The molecule has 0 radical (unpaired) electrons. The van der Waals surface area contributed by atoms with Crippen molar-refractivity contribution in [2.75, 3.05) is 6.61 Å². The summed E-state index contributed by atoms with van der Waals surface area (Å²) in [6.07, 6.45) is 3.78. The molecule has 1 aromatic carbocycles. The lowest BCUT2D eigenvalue weighted by Gasteiger charge is -1.98. The van der Waals surface area contributed by atoms with Crippen molar-refractivity contribution in [1.82, 2.24) is 0 Å². The molecule has 0 aliphatic carbocycles. The molecule has 0 bridgehead atoms. The SMILES string of the molecule is O=C(S)/C=C/c1ccc(CCO)cc1. The van der Waals surface area contributed by atoms with Gasteiger partial charge in [0.15, 0.2) is 0 Å². The lowest BCUT2D eigenvalue weighted by atomic mass is 10.1. The molecule has 2 nitrogen and oxygen atoms in total. The summed E-state index contributed by atoms with van der Waals surface area (Å²) in [6, 6.07) is 7.66. The number of carbonyl (C=O) groups is 1. The van der Waals surface area contributed by atoms with Crippen molar-refractivity contribution in [3.05, 3.63) is 41.5 Å². The third-order valence-electron chi connectivity index (χ3n) is 1.80. The molecule has 0 amide bonds. The molecule has 0 fully saturated rings. The van der Waals surface area contributed by atoms with Gasteiger partial charge in [0.05, 0.1) is 0 Å². The topological polar surface area (TPSA) is 37.3 Å². The molecule has 1 N–H and O–H groups in total. The highest BCUT2D eigenvalue weighted by Gasteiger charge is 1.91. The minimum atomic E-state index is -0.260. The minimum absolute atomic E-state index is 0.157. The molecule has 1 aromatic rings. The average molecular weight is 208 g/mol. The second-order valence-electron chi connectivity index (χ2n) is 2.89. The molecule has 0 atom stereocenters. The van der Waals surface area contributed by atoms with Crippen molar-refractivity contribution >= 4 is 23.8 Å². The summed E-state index contributed by atoms with van der Waals surface area (Å²) in [5.74, 6) is 0. The van der Waals surface area contributed by atoms with Gasteiger partial charge in [0, 0.05) is 6.61 Å². The lowest BCUT2D eigenvalue weighted by molar-refractivity contribution is -0.106. The van der Waals surface area contributed by atoms with Crippen LogP contribution in [0.4, 0.5) is 0 Å². The molecule has 0 aliphatic rings. The van der Waals surface area contributed by atoms with Gasteiger partial charge in [-0.05, 0) is 23.6 Å². The van der Waals surface area contributed by atoms with E-state index in [2.05, 4.69) is 12.6 Å². The number of aliphatic hydroxyl groups is 1. The van der Waals surface area contributed by atoms with E-state index in [-0.39, 0.29) is 11.7 Å². The fraction of sp³-hybridized carbons (Fsp3) is 0.182. The molecule has 0 spiro atoms. The molecule has 0 heterocycles. The lowest BCUT2D eigenvalue weighted by Crippen LogP contribution is -1.89. The largest absolute Gasteiger partial charge is 0.396 e. The first kappa shape index (κ1) is 11.0. The Morgan fingerprint density at radius 1 is 1.36 bits per heavy atom. The summed E-state index contributed by atoms with van der Waals surface area (Å²) in [6.45, 7) is 0.157. The van der Waals surface area contributed by atoms with Crippen LogP contribution >= 0.6 is 12.6 Å². The van der Waals surface area contributed by atoms with E-state index in [1.165, 1.54) is 6.08 Å². The molecule has 3 heteroatoms. The maximum Gasteiger partial charge on any atom is 0.209 e. The molecule has 0 aromatic heterocycles.